The second-order valence-electron chi connectivity index (χ2n) is 7.00. The summed E-state index contributed by atoms with van der Waals surface area (Å²) in [5.41, 5.74) is -0.845. The molecule has 0 heterocycles. The fourth-order valence-electron chi connectivity index (χ4n) is 2.96. The van der Waals surface area contributed by atoms with Gasteiger partial charge in [0, 0.05) is 18.8 Å². The van der Waals surface area contributed by atoms with Crippen molar-refractivity contribution in [3.05, 3.63) is 52.5 Å². The quantitative estimate of drug-likeness (QED) is 0.565. The number of carbonyl (C=O) groups is 1. The summed E-state index contributed by atoms with van der Waals surface area (Å²) in [4.78, 5) is 11.0. The molecule has 2 aromatic carbocycles. The van der Waals surface area contributed by atoms with E-state index in [0.29, 0.717) is 12.8 Å². The molecule has 1 aliphatic carbocycles. The van der Waals surface area contributed by atoms with Crippen LogP contribution in [-0.4, -0.2) is 38.4 Å². The van der Waals surface area contributed by atoms with Gasteiger partial charge in [-0.1, -0.05) is 11.6 Å². The lowest BCUT2D eigenvalue weighted by atomic mass is 10.1. The van der Waals surface area contributed by atoms with Crippen LogP contribution >= 0.6 is 11.6 Å². The Morgan fingerprint density at radius 1 is 1.23 bits per heavy atom. The molecule has 0 spiro atoms. The molecule has 1 N–H and O–H groups in total. The number of anilines is 2. The first kappa shape index (κ1) is 23.4. The van der Waals surface area contributed by atoms with Crippen LogP contribution in [0.3, 0.4) is 0 Å². The second kappa shape index (κ2) is 8.68. The molecule has 0 atom stereocenters. The maximum atomic E-state index is 13.7. The van der Waals surface area contributed by atoms with Gasteiger partial charge in [0.25, 0.3) is 0 Å². The van der Waals surface area contributed by atoms with E-state index in [1.54, 1.807) is 6.92 Å². The molecule has 31 heavy (non-hydrogen) atoms. The standard InChI is InChI=1S/C20H20ClF3N2O4S/c1-3-30-19(27)12-4-8-17(16(21)10-12)25-13-5-9-18(15(11-13)20(22,23)24)31(28,29)26(2)14-6-7-14/h4-5,8-11,14,25H,3,6-7H2,1-2H3. The summed E-state index contributed by atoms with van der Waals surface area (Å²) >= 11 is 6.15. The zero-order valence-corrected chi connectivity index (χ0v) is 18.2. The van der Waals surface area contributed by atoms with Crippen LogP contribution in [0, 0.1) is 0 Å². The number of esters is 1. The molecule has 0 aromatic heterocycles. The number of nitrogens with one attached hydrogen (secondary N) is 1. The highest BCUT2D eigenvalue weighted by Crippen LogP contribution is 2.39. The van der Waals surface area contributed by atoms with Crippen LogP contribution in [0.1, 0.15) is 35.7 Å². The summed E-state index contributed by atoms with van der Waals surface area (Å²) in [6.45, 7) is 1.84. The Bertz CT molecular complexity index is 1100. The summed E-state index contributed by atoms with van der Waals surface area (Å²) < 4.78 is 72.3. The van der Waals surface area contributed by atoms with Gasteiger partial charge in [-0.3, -0.25) is 0 Å². The fraction of sp³-hybridized carbons (Fsp3) is 0.350. The maximum absolute atomic E-state index is 13.7. The smallest absolute Gasteiger partial charge is 0.417 e. The molecule has 11 heteroatoms. The van der Waals surface area contributed by atoms with Crippen molar-refractivity contribution < 1.29 is 31.1 Å². The Morgan fingerprint density at radius 3 is 2.45 bits per heavy atom. The highest BCUT2D eigenvalue weighted by atomic mass is 35.5. The number of hydrogen-bond donors (Lipinski definition) is 1. The van der Waals surface area contributed by atoms with Crippen molar-refractivity contribution in [1.82, 2.24) is 4.31 Å². The number of benzene rings is 2. The predicted octanol–water partition coefficient (Wildman–Crippen LogP) is 5.06. The van der Waals surface area contributed by atoms with Crippen molar-refractivity contribution in [1.29, 1.82) is 0 Å². The van der Waals surface area contributed by atoms with Crippen LogP contribution in [0.15, 0.2) is 41.3 Å². The van der Waals surface area contributed by atoms with Crippen molar-refractivity contribution >= 4 is 39.0 Å². The van der Waals surface area contributed by atoms with Gasteiger partial charge in [-0.25, -0.2) is 13.2 Å². The summed E-state index contributed by atoms with van der Waals surface area (Å²) in [5.74, 6) is -0.579. The Morgan fingerprint density at radius 2 is 1.90 bits per heavy atom. The first-order valence-corrected chi connectivity index (χ1v) is 11.2. The maximum Gasteiger partial charge on any atom is 0.417 e. The highest BCUT2D eigenvalue weighted by molar-refractivity contribution is 7.89. The molecule has 0 aliphatic heterocycles. The fourth-order valence-corrected chi connectivity index (χ4v) is 4.79. The minimum Gasteiger partial charge on any atom is -0.462 e. The van der Waals surface area contributed by atoms with E-state index in [1.807, 2.05) is 0 Å². The largest absolute Gasteiger partial charge is 0.462 e. The van der Waals surface area contributed by atoms with E-state index in [2.05, 4.69) is 5.32 Å². The summed E-state index contributed by atoms with van der Waals surface area (Å²) in [5, 5.41) is 2.82. The van der Waals surface area contributed by atoms with E-state index in [9.17, 15) is 26.4 Å². The third kappa shape index (κ3) is 5.13. The van der Waals surface area contributed by atoms with Crippen LogP contribution < -0.4 is 5.32 Å². The molecule has 168 valence electrons. The number of alkyl halides is 3. The normalized spacial score (nSPS) is 14.5. The third-order valence-corrected chi connectivity index (χ3v) is 7.04. The lowest BCUT2D eigenvalue weighted by Gasteiger charge is -2.21. The molecular formula is C20H20ClF3N2O4S. The molecule has 6 nitrogen and oxygen atoms in total. The van der Waals surface area contributed by atoms with Crippen LogP contribution in [0.2, 0.25) is 5.02 Å². The SMILES string of the molecule is CCOC(=O)c1ccc(Nc2ccc(S(=O)(=O)N(C)C3CC3)c(C(F)(F)F)c2)c(Cl)c1. The van der Waals surface area contributed by atoms with Gasteiger partial charge < -0.3 is 10.1 Å². The zero-order valence-electron chi connectivity index (χ0n) is 16.7. The Kier molecular flexibility index (Phi) is 6.54. The highest BCUT2D eigenvalue weighted by Gasteiger charge is 2.42. The lowest BCUT2D eigenvalue weighted by molar-refractivity contribution is -0.139. The minimum atomic E-state index is -4.89. The van der Waals surface area contributed by atoms with Gasteiger partial charge in [0.05, 0.1) is 33.3 Å². The Labute approximate surface area is 183 Å². The number of halogens is 4. The monoisotopic (exact) mass is 476 g/mol. The molecule has 0 unspecified atom stereocenters. The molecule has 0 radical (unpaired) electrons. The van der Waals surface area contributed by atoms with Gasteiger partial charge >= 0.3 is 12.1 Å². The minimum absolute atomic E-state index is 0.00821. The number of nitrogens with zero attached hydrogens (tertiary/aromatic N) is 1. The summed E-state index contributed by atoms with van der Waals surface area (Å²) in [6, 6.07) is 6.78. The van der Waals surface area contributed by atoms with E-state index in [4.69, 9.17) is 16.3 Å². The van der Waals surface area contributed by atoms with Gasteiger partial charge in [0.2, 0.25) is 10.0 Å². The van der Waals surface area contributed by atoms with Gasteiger partial charge in [-0.2, -0.15) is 17.5 Å². The molecule has 0 saturated heterocycles. The topological polar surface area (TPSA) is 75.7 Å². The Hall–Kier alpha value is -2.30. The van der Waals surface area contributed by atoms with Gasteiger partial charge in [0.1, 0.15) is 0 Å². The molecule has 0 amide bonds. The van der Waals surface area contributed by atoms with Crippen LogP contribution in [-0.2, 0) is 20.9 Å². The molecule has 0 bridgehead atoms. The average molecular weight is 477 g/mol. The summed E-state index contributed by atoms with van der Waals surface area (Å²) in [7, 11) is -3.02. The van der Waals surface area contributed by atoms with E-state index >= 15 is 0 Å². The average Bonchev–Trinajstić information content (AvgIpc) is 3.53. The number of carbonyl (C=O) groups excluding carboxylic acids is 1. The molecule has 2 aromatic rings. The van der Waals surface area contributed by atoms with Crippen molar-refractivity contribution in [2.45, 2.75) is 36.9 Å². The molecular weight excluding hydrogens is 457 g/mol. The lowest BCUT2D eigenvalue weighted by Crippen LogP contribution is -2.30. The molecule has 1 aliphatic rings. The van der Waals surface area contributed by atoms with E-state index in [-0.39, 0.29) is 34.6 Å². The number of ether oxygens (including phenoxy) is 1. The summed E-state index contributed by atoms with van der Waals surface area (Å²) in [6.07, 6.45) is -3.64. The van der Waals surface area contributed by atoms with Crippen molar-refractivity contribution in [2.75, 3.05) is 19.0 Å². The van der Waals surface area contributed by atoms with Crippen molar-refractivity contribution in [3.63, 3.8) is 0 Å². The van der Waals surface area contributed by atoms with Crippen LogP contribution in [0.4, 0.5) is 24.5 Å². The van der Waals surface area contributed by atoms with E-state index in [0.717, 1.165) is 16.4 Å². The number of hydrogen-bond acceptors (Lipinski definition) is 5. The first-order chi connectivity index (χ1) is 14.4. The van der Waals surface area contributed by atoms with Gasteiger partial charge in [-0.05, 0) is 56.2 Å². The van der Waals surface area contributed by atoms with Crippen molar-refractivity contribution in [2.24, 2.45) is 0 Å². The third-order valence-electron chi connectivity index (χ3n) is 4.76. The van der Waals surface area contributed by atoms with Gasteiger partial charge in [0.15, 0.2) is 0 Å². The van der Waals surface area contributed by atoms with E-state index < -0.39 is 32.6 Å². The number of rotatable bonds is 7. The van der Waals surface area contributed by atoms with E-state index in [1.165, 1.54) is 31.3 Å². The van der Waals surface area contributed by atoms with Crippen LogP contribution in [0.25, 0.3) is 0 Å². The molecule has 1 saturated carbocycles. The zero-order chi connectivity index (χ0) is 23.0. The first-order valence-electron chi connectivity index (χ1n) is 9.38. The number of sulfonamides is 1. The second-order valence-corrected chi connectivity index (χ2v) is 9.37. The van der Waals surface area contributed by atoms with Gasteiger partial charge in [-0.15, -0.1) is 0 Å². The molecule has 1 fully saturated rings. The van der Waals surface area contributed by atoms with Crippen molar-refractivity contribution in [3.8, 4) is 0 Å². The van der Waals surface area contributed by atoms with Crippen LogP contribution in [0.5, 0.6) is 0 Å². The Balaban J connectivity index is 1.94. The predicted molar refractivity (Wildman–Crippen MR) is 110 cm³/mol. The molecule has 3 rings (SSSR count).